The van der Waals surface area contributed by atoms with Gasteiger partial charge in [-0.1, -0.05) is 6.07 Å². The lowest BCUT2D eigenvalue weighted by molar-refractivity contribution is 0.145. The molecule has 2 fully saturated rings. The normalized spacial score (nSPS) is 20.2. The van der Waals surface area contributed by atoms with Gasteiger partial charge in [-0.25, -0.2) is 9.38 Å². The fourth-order valence-corrected chi connectivity index (χ4v) is 4.71. The molecule has 0 radical (unpaired) electrons. The summed E-state index contributed by atoms with van der Waals surface area (Å²) in [7, 11) is 1.95. The molecule has 0 spiro atoms. The van der Waals surface area contributed by atoms with E-state index in [1.807, 2.05) is 35.0 Å². The second-order valence-electron chi connectivity index (χ2n) is 9.00. The number of hydrogen-bond donors (Lipinski definition) is 2. The zero-order valence-corrected chi connectivity index (χ0v) is 19.2. The molecule has 8 heteroatoms. The Morgan fingerprint density at radius 1 is 1.22 bits per heavy atom. The fourth-order valence-electron chi connectivity index (χ4n) is 4.71. The number of aliphatic imine (C=N–C) groups is 1. The summed E-state index contributed by atoms with van der Waals surface area (Å²) in [5.41, 5.74) is 2.76. The lowest BCUT2D eigenvalue weighted by Gasteiger charge is -2.31. The van der Waals surface area contributed by atoms with Crippen LogP contribution >= 0.6 is 0 Å². The Kier molecular flexibility index (Phi) is 7.29. The molecule has 32 heavy (non-hydrogen) atoms. The van der Waals surface area contributed by atoms with Gasteiger partial charge >= 0.3 is 0 Å². The second-order valence-corrected chi connectivity index (χ2v) is 9.00. The van der Waals surface area contributed by atoms with Gasteiger partial charge in [0.15, 0.2) is 5.96 Å². The Labute approximate surface area is 189 Å². The van der Waals surface area contributed by atoms with Gasteiger partial charge in [-0.05, 0) is 61.8 Å². The predicted octanol–water partition coefficient (Wildman–Crippen LogP) is 2.55. The molecule has 1 unspecified atom stereocenters. The van der Waals surface area contributed by atoms with Crippen LogP contribution in [0.4, 0.5) is 10.1 Å². The highest BCUT2D eigenvalue weighted by Gasteiger charge is 2.25. The Morgan fingerprint density at radius 2 is 2.03 bits per heavy atom. The Bertz CT molecular complexity index is 921. The van der Waals surface area contributed by atoms with Crippen LogP contribution in [-0.2, 0) is 20.0 Å². The first-order valence-corrected chi connectivity index (χ1v) is 11.7. The summed E-state index contributed by atoms with van der Waals surface area (Å²) in [5.74, 6) is 1.27. The van der Waals surface area contributed by atoms with Gasteiger partial charge in [0, 0.05) is 46.0 Å². The molecule has 174 valence electrons. The largest absolute Gasteiger partial charge is 0.393 e. The molecule has 2 aromatic rings. The summed E-state index contributed by atoms with van der Waals surface area (Å²) in [6.45, 7) is 6.64. The number of guanidine groups is 1. The van der Waals surface area contributed by atoms with E-state index in [1.54, 1.807) is 6.07 Å². The van der Waals surface area contributed by atoms with Gasteiger partial charge in [-0.3, -0.25) is 4.68 Å². The van der Waals surface area contributed by atoms with Gasteiger partial charge in [0.1, 0.15) is 5.82 Å². The van der Waals surface area contributed by atoms with Crippen LogP contribution in [0.5, 0.6) is 0 Å². The van der Waals surface area contributed by atoms with Crippen LogP contribution in [0.25, 0.3) is 0 Å². The quantitative estimate of drug-likeness (QED) is 0.532. The monoisotopic (exact) mass is 442 g/mol. The van der Waals surface area contributed by atoms with Gasteiger partial charge < -0.3 is 20.2 Å². The maximum Gasteiger partial charge on any atom is 0.194 e. The van der Waals surface area contributed by atoms with E-state index >= 15 is 0 Å². The van der Waals surface area contributed by atoms with Crippen LogP contribution in [-0.4, -0.2) is 64.6 Å². The zero-order valence-electron chi connectivity index (χ0n) is 19.2. The van der Waals surface area contributed by atoms with Crippen LogP contribution < -0.4 is 10.2 Å². The number of halogens is 1. The molecular weight excluding hydrogens is 407 g/mol. The molecular formula is C24H35FN6O. The molecule has 2 aliphatic rings. The average molecular weight is 443 g/mol. The molecule has 2 aliphatic heterocycles. The van der Waals surface area contributed by atoms with E-state index in [4.69, 9.17) is 4.99 Å². The molecule has 0 bridgehead atoms. The molecule has 1 aromatic heterocycles. The highest BCUT2D eigenvalue weighted by molar-refractivity contribution is 5.80. The van der Waals surface area contributed by atoms with Crippen LogP contribution in [0.15, 0.2) is 35.6 Å². The molecule has 3 heterocycles. The number of benzene rings is 1. The number of rotatable bonds is 6. The number of nitrogens with zero attached hydrogens (tertiary/aromatic N) is 5. The molecule has 2 saturated heterocycles. The number of aryl methyl sites for hydroxylation is 1. The Balaban J connectivity index is 1.37. The van der Waals surface area contributed by atoms with Crippen LogP contribution in [0.1, 0.15) is 37.3 Å². The molecule has 2 N–H and O–H groups in total. The van der Waals surface area contributed by atoms with Crippen molar-refractivity contribution in [2.45, 2.75) is 45.3 Å². The standard InChI is InChI=1S/C24H35FN6O/c1-3-26-24(31-9-6-19(17-31)12-20-15-28-29(2)16-20)27-14-18-4-5-23(22(25)13-18)30-10-7-21(32)8-11-30/h4-5,13,15-16,19,21,32H,3,6-12,14,17H2,1-2H3,(H,26,27). The smallest absolute Gasteiger partial charge is 0.194 e. The summed E-state index contributed by atoms with van der Waals surface area (Å²) < 4.78 is 16.6. The number of likely N-dealkylation sites (tertiary alicyclic amines) is 1. The van der Waals surface area contributed by atoms with Crippen molar-refractivity contribution in [3.8, 4) is 0 Å². The minimum absolute atomic E-state index is 0.211. The Morgan fingerprint density at radius 3 is 2.72 bits per heavy atom. The van der Waals surface area contributed by atoms with Crippen molar-refractivity contribution in [3.63, 3.8) is 0 Å². The first-order valence-electron chi connectivity index (χ1n) is 11.7. The van der Waals surface area contributed by atoms with E-state index in [-0.39, 0.29) is 11.9 Å². The van der Waals surface area contributed by atoms with E-state index in [1.165, 1.54) is 5.56 Å². The minimum Gasteiger partial charge on any atom is -0.393 e. The number of anilines is 1. The van der Waals surface area contributed by atoms with Crippen molar-refractivity contribution in [2.75, 3.05) is 37.6 Å². The summed E-state index contributed by atoms with van der Waals surface area (Å²) in [5, 5.41) is 17.4. The fraction of sp³-hybridized carbons (Fsp3) is 0.583. The predicted molar refractivity (Wildman–Crippen MR) is 125 cm³/mol. The SMILES string of the molecule is CCNC(=NCc1ccc(N2CCC(O)CC2)c(F)c1)N1CCC(Cc2cnn(C)c2)C1. The number of hydrogen-bond acceptors (Lipinski definition) is 4. The van der Waals surface area contributed by atoms with Crippen LogP contribution in [0.2, 0.25) is 0 Å². The summed E-state index contributed by atoms with van der Waals surface area (Å²) in [4.78, 5) is 9.14. The van der Waals surface area contributed by atoms with E-state index in [0.29, 0.717) is 44.1 Å². The van der Waals surface area contributed by atoms with Crippen molar-refractivity contribution in [3.05, 3.63) is 47.5 Å². The average Bonchev–Trinajstić information content (AvgIpc) is 3.41. The van der Waals surface area contributed by atoms with Crippen LogP contribution in [0, 0.1) is 11.7 Å². The zero-order chi connectivity index (χ0) is 22.5. The summed E-state index contributed by atoms with van der Waals surface area (Å²) in [6.07, 6.45) is 7.32. The number of aromatic nitrogens is 2. The van der Waals surface area contributed by atoms with E-state index in [0.717, 1.165) is 44.0 Å². The Hall–Kier alpha value is -2.61. The van der Waals surface area contributed by atoms with Crippen LogP contribution in [0.3, 0.4) is 0 Å². The molecule has 1 atom stereocenters. The third-order valence-corrected chi connectivity index (χ3v) is 6.43. The molecule has 0 saturated carbocycles. The summed E-state index contributed by atoms with van der Waals surface area (Å²) in [6, 6.07) is 5.42. The molecule has 1 aromatic carbocycles. The van der Waals surface area contributed by atoms with Gasteiger partial charge in [0.2, 0.25) is 0 Å². The first-order chi connectivity index (χ1) is 15.5. The topological polar surface area (TPSA) is 68.9 Å². The molecule has 0 amide bonds. The highest BCUT2D eigenvalue weighted by Crippen LogP contribution is 2.25. The lowest BCUT2D eigenvalue weighted by atomic mass is 10.0. The van der Waals surface area contributed by atoms with Crippen molar-refractivity contribution in [2.24, 2.45) is 18.0 Å². The minimum atomic E-state index is -0.262. The molecule has 0 aliphatic carbocycles. The van der Waals surface area contributed by atoms with Gasteiger partial charge in [0.05, 0.1) is 24.5 Å². The highest BCUT2D eigenvalue weighted by atomic mass is 19.1. The third-order valence-electron chi connectivity index (χ3n) is 6.43. The van der Waals surface area contributed by atoms with E-state index in [9.17, 15) is 9.50 Å². The van der Waals surface area contributed by atoms with Gasteiger partial charge in [-0.2, -0.15) is 5.10 Å². The number of piperidine rings is 1. The molecule has 7 nitrogen and oxygen atoms in total. The lowest BCUT2D eigenvalue weighted by Crippen LogP contribution is -2.40. The van der Waals surface area contributed by atoms with Gasteiger partial charge in [0.25, 0.3) is 0 Å². The number of nitrogens with one attached hydrogen (secondary N) is 1. The van der Waals surface area contributed by atoms with E-state index < -0.39 is 0 Å². The summed E-state index contributed by atoms with van der Waals surface area (Å²) >= 11 is 0. The maximum absolute atomic E-state index is 14.8. The number of aliphatic hydroxyl groups is 1. The molecule has 4 rings (SSSR count). The second kappa shape index (κ2) is 10.3. The third kappa shape index (κ3) is 5.59. The van der Waals surface area contributed by atoms with E-state index in [2.05, 4.69) is 28.4 Å². The van der Waals surface area contributed by atoms with Crippen molar-refractivity contribution in [1.82, 2.24) is 20.0 Å². The van der Waals surface area contributed by atoms with Gasteiger partial charge in [-0.15, -0.1) is 0 Å². The maximum atomic E-state index is 14.8. The van der Waals surface area contributed by atoms with Crippen molar-refractivity contribution >= 4 is 11.6 Å². The number of aliphatic hydroxyl groups excluding tert-OH is 1. The van der Waals surface area contributed by atoms with Crippen molar-refractivity contribution < 1.29 is 9.50 Å². The van der Waals surface area contributed by atoms with Crippen molar-refractivity contribution in [1.29, 1.82) is 0 Å². The first kappa shape index (κ1) is 22.6.